The van der Waals surface area contributed by atoms with E-state index in [0.717, 1.165) is 6.42 Å². The molecule has 100 valence electrons. The second-order valence-electron chi connectivity index (χ2n) is 6.16. The Labute approximate surface area is 110 Å². The summed E-state index contributed by atoms with van der Waals surface area (Å²) in [7, 11) is 2.04. The van der Waals surface area contributed by atoms with Crippen LogP contribution in [0.1, 0.15) is 34.1 Å². The molecule has 1 aliphatic heterocycles. The van der Waals surface area contributed by atoms with Crippen LogP contribution in [0.25, 0.3) is 0 Å². The van der Waals surface area contributed by atoms with Crippen molar-refractivity contribution < 1.29 is 4.79 Å². The molecule has 0 spiro atoms. The summed E-state index contributed by atoms with van der Waals surface area (Å²) in [4.78, 5) is 13.8. The van der Waals surface area contributed by atoms with Crippen molar-refractivity contribution in [3.05, 3.63) is 12.7 Å². The zero-order valence-electron chi connectivity index (χ0n) is 11.9. The van der Waals surface area contributed by atoms with Gasteiger partial charge in [0.05, 0.1) is 18.0 Å². The van der Waals surface area contributed by atoms with Gasteiger partial charge in [-0.3, -0.25) is 9.69 Å². The molecule has 4 nitrogen and oxygen atoms in total. The molecule has 2 unspecified atom stereocenters. The van der Waals surface area contributed by atoms with E-state index in [1.807, 2.05) is 7.05 Å². The highest BCUT2D eigenvalue weighted by Gasteiger charge is 2.50. The van der Waals surface area contributed by atoms with E-state index in [0.29, 0.717) is 0 Å². The number of nitriles is 1. The number of rotatable bonds is 2. The summed E-state index contributed by atoms with van der Waals surface area (Å²) in [6, 6.07) is 2.15. The number of likely N-dealkylation sites (tertiary alicyclic amines) is 1. The SMILES string of the molecule is C=CC(=O)NC1C(C#N)CC(C)(C)N(C)C1(C)C. The van der Waals surface area contributed by atoms with Gasteiger partial charge in [-0.25, -0.2) is 0 Å². The molecule has 0 aromatic carbocycles. The molecule has 0 aromatic heterocycles. The van der Waals surface area contributed by atoms with Crippen molar-refractivity contribution >= 4 is 5.91 Å². The first-order valence-electron chi connectivity index (χ1n) is 6.23. The van der Waals surface area contributed by atoms with E-state index in [4.69, 9.17) is 0 Å². The molecule has 1 aliphatic rings. The maximum atomic E-state index is 11.5. The van der Waals surface area contributed by atoms with Gasteiger partial charge in [0.25, 0.3) is 0 Å². The lowest BCUT2D eigenvalue weighted by Crippen LogP contribution is -2.69. The fraction of sp³-hybridized carbons (Fsp3) is 0.714. The van der Waals surface area contributed by atoms with Gasteiger partial charge in [-0.15, -0.1) is 0 Å². The fourth-order valence-electron chi connectivity index (χ4n) is 2.88. The molecule has 1 fully saturated rings. The van der Waals surface area contributed by atoms with E-state index < -0.39 is 0 Å². The first kappa shape index (κ1) is 14.7. The molecule has 2 atom stereocenters. The van der Waals surface area contributed by atoms with Gasteiger partial charge in [0.15, 0.2) is 0 Å². The van der Waals surface area contributed by atoms with Gasteiger partial charge in [0.2, 0.25) is 5.91 Å². The van der Waals surface area contributed by atoms with Crippen LogP contribution < -0.4 is 5.32 Å². The van der Waals surface area contributed by atoms with Gasteiger partial charge in [-0.2, -0.15) is 5.26 Å². The Morgan fingerprint density at radius 3 is 2.50 bits per heavy atom. The Balaban J connectivity index is 3.10. The molecule has 1 rings (SSSR count). The Morgan fingerprint density at radius 2 is 2.06 bits per heavy atom. The van der Waals surface area contributed by atoms with E-state index in [1.54, 1.807) is 0 Å². The van der Waals surface area contributed by atoms with E-state index in [-0.39, 0.29) is 28.9 Å². The zero-order chi connectivity index (χ0) is 14.1. The standard InChI is InChI=1S/C14H23N3O/c1-7-11(18)16-12-10(9-15)8-13(2,3)17(6)14(12,4)5/h7,10,12H,1,8H2,2-6H3,(H,16,18). The number of likely N-dealkylation sites (N-methyl/N-ethyl adjacent to an activating group) is 1. The van der Waals surface area contributed by atoms with Gasteiger partial charge in [0.1, 0.15) is 0 Å². The summed E-state index contributed by atoms with van der Waals surface area (Å²) >= 11 is 0. The highest BCUT2D eigenvalue weighted by Crippen LogP contribution is 2.40. The maximum Gasteiger partial charge on any atom is 0.243 e. The van der Waals surface area contributed by atoms with Crippen LogP contribution in [0, 0.1) is 17.2 Å². The van der Waals surface area contributed by atoms with E-state index in [2.05, 4.69) is 50.6 Å². The van der Waals surface area contributed by atoms with Crippen molar-refractivity contribution in [1.82, 2.24) is 10.2 Å². The average Bonchev–Trinajstić information content (AvgIpc) is 2.30. The number of carbonyl (C=O) groups is 1. The lowest BCUT2D eigenvalue weighted by molar-refractivity contribution is -0.121. The Morgan fingerprint density at radius 1 is 1.50 bits per heavy atom. The molecule has 18 heavy (non-hydrogen) atoms. The second-order valence-corrected chi connectivity index (χ2v) is 6.16. The minimum absolute atomic E-state index is 0.0562. The topological polar surface area (TPSA) is 56.1 Å². The normalized spacial score (nSPS) is 30.2. The van der Waals surface area contributed by atoms with Crippen molar-refractivity contribution in [2.75, 3.05) is 7.05 Å². The third kappa shape index (κ3) is 2.41. The highest BCUT2D eigenvalue weighted by atomic mass is 16.1. The minimum atomic E-state index is -0.277. The zero-order valence-corrected chi connectivity index (χ0v) is 11.9. The number of amides is 1. The van der Waals surface area contributed by atoms with Gasteiger partial charge in [0, 0.05) is 11.1 Å². The molecule has 0 aliphatic carbocycles. The molecule has 0 saturated carbocycles. The molecule has 0 aromatic rings. The Kier molecular flexibility index (Phi) is 3.87. The minimum Gasteiger partial charge on any atom is -0.347 e. The summed E-state index contributed by atoms with van der Waals surface area (Å²) in [5.41, 5.74) is -0.333. The monoisotopic (exact) mass is 249 g/mol. The molecule has 1 amide bonds. The number of hydrogen-bond donors (Lipinski definition) is 1. The van der Waals surface area contributed by atoms with Crippen LogP contribution in [0.2, 0.25) is 0 Å². The predicted molar refractivity (Wildman–Crippen MR) is 71.8 cm³/mol. The Bertz CT molecular complexity index is 392. The van der Waals surface area contributed by atoms with Crippen LogP contribution in [0.4, 0.5) is 0 Å². The quantitative estimate of drug-likeness (QED) is 0.758. The lowest BCUT2D eigenvalue weighted by atomic mass is 9.71. The molecule has 4 heteroatoms. The summed E-state index contributed by atoms with van der Waals surface area (Å²) < 4.78 is 0. The number of piperidine rings is 1. The van der Waals surface area contributed by atoms with Crippen LogP contribution in [0.15, 0.2) is 12.7 Å². The Hall–Kier alpha value is -1.34. The van der Waals surface area contributed by atoms with Crippen molar-refractivity contribution in [2.45, 2.75) is 51.2 Å². The second kappa shape index (κ2) is 4.74. The van der Waals surface area contributed by atoms with Crippen LogP contribution in [-0.2, 0) is 4.79 Å². The third-order valence-corrected chi connectivity index (χ3v) is 4.30. The molecule has 0 bridgehead atoms. The first-order valence-corrected chi connectivity index (χ1v) is 6.23. The van der Waals surface area contributed by atoms with Crippen molar-refractivity contribution in [3.63, 3.8) is 0 Å². The van der Waals surface area contributed by atoms with Crippen LogP contribution in [0.3, 0.4) is 0 Å². The average molecular weight is 249 g/mol. The maximum absolute atomic E-state index is 11.5. The lowest BCUT2D eigenvalue weighted by Gasteiger charge is -2.56. The van der Waals surface area contributed by atoms with Crippen molar-refractivity contribution in [3.8, 4) is 6.07 Å². The number of nitrogens with one attached hydrogen (secondary N) is 1. The van der Waals surface area contributed by atoms with Gasteiger partial charge < -0.3 is 5.32 Å². The third-order valence-electron chi connectivity index (χ3n) is 4.30. The number of hydrogen-bond acceptors (Lipinski definition) is 3. The van der Waals surface area contributed by atoms with Gasteiger partial charge in [-0.1, -0.05) is 6.58 Å². The van der Waals surface area contributed by atoms with Crippen LogP contribution in [-0.4, -0.2) is 35.0 Å². The van der Waals surface area contributed by atoms with Gasteiger partial charge >= 0.3 is 0 Å². The van der Waals surface area contributed by atoms with E-state index in [9.17, 15) is 10.1 Å². The fourth-order valence-corrected chi connectivity index (χ4v) is 2.88. The summed E-state index contributed by atoms with van der Waals surface area (Å²) in [5.74, 6) is -0.406. The molecule has 0 radical (unpaired) electrons. The van der Waals surface area contributed by atoms with Gasteiger partial charge in [-0.05, 0) is 47.2 Å². The highest BCUT2D eigenvalue weighted by molar-refractivity contribution is 5.87. The summed E-state index contributed by atoms with van der Waals surface area (Å²) in [5, 5.41) is 12.3. The predicted octanol–water partition coefficient (Wildman–Crippen LogP) is 1.69. The molecular formula is C14H23N3O. The number of nitrogens with zero attached hydrogens (tertiary/aromatic N) is 2. The summed E-state index contributed by atoms with van der Waals surface area (Å²) in [6.07, 6.45) is 2.00. The molecule has 1 saturated heterocycles. The molecule has 1 heterocycles. The van der Waals surface area contributed by atoms with Crippen LogP contribution in [0.5, 0.6) is 0 Å². The van der Waals surface area contributed by atoms with E-state index in [1.165, 1.54) is 6.08 Å². The van der Waals surface area contributed by atoms with Crippen molar-refractivity contribution in [1.29, 1.82) is 5.26 Å². The smallest absolute Gasteiger partial charge is 0.243 e. The van der Waals surface area contributed by atoms with Crippen molar-refractivity contribution in [2.24, 2.45) is 5.92 Å². The van der Waals surface area contributed by atoms with Crippen LogP contribution >= 0.6 is 0 Å². The largest absolute Gasteiger partial charge is 0.347 e. The first-order chi connectivity index (χ1) is 8.16. The molecular weight excluding hydrogens is 226 g/mol. The van der Waals surface area contributed by atoms with E-state index >= 15 is 0 Å². The summed E-state index contributed by atoms with van der Waals surface area (Å²) in [6.45, 7) is 11.8. The number of carbonyl (C=O) groups excluding carboxylic acids is 1. The molecule has 1 N–H and O–H groups in total.